The van der Waals surface area contributed by atoms with Crippen LogP contribution >= 0.6 is 0 Å². The summed E-state index contributed by atoms with van der Waals surface area (Å²) in [6, 6.07) is -12.1. The Balaban J connectivity index is 2.38. The molecular weight excluding hydrogens is 983 g/mol. The molecular formula is C47H81N15O13. The number of imidazole rings is 1. The third-order valence-corrected chi connectivity index (χ3v) is 12.5. The van der Waals surface area contributed by atoms with Crippen LogP contribution in [-0.2, 0) is 59.2 Å². The van der Waals surface area contributed by atoms with E-state index in [1.54, 1.807) is 27.7 Å². The molecule has 0 radical (unpaired) electrons. The Bertz CT molecular complexity index is 2090. The van der Waals surface area contributed by atoms with E-state index in [1.807, 2.05) is 0 Å². The SMILES string of the molecule is CC(C)[C@H](NC(=O)[C@H](CCCCN)NC(=O)[C@H](CCC(N)=O)NC(=O)[C@@H]1CCCN1C(=O)[C@H](Cc1cnc[nH]1)NC(=O)[C@@H](NC(=O)[C@@H](N)CCC(N)=O)C(C)C)C(=O)N[C@H](C(=O)N[C@@H](CCCCN)C(=O)O)[C@@H](C)O. The van der Waals surface area contributed by atoms with Crippen LogP contribution in [0.2, 0.25) is 0 Å². The Kier molecular flexibility index (Phi) is 27.9. The number of aromatic nitrogens is 2. The Morgan fingerprint density at radius 2 is 1.12 bits per heavy atom. The molecule has 1 aromatic rings. The smallest absolute Gasteiger partial charge is 0.326 e. The molecule has 1 aliphatic rings. The van der Waals surface area contributed by atoms with Crippen molar-refractivity contribution in [2.45, 2.75) is 179 Å². The number of rotatable bonds is 35. The molecule has 0 aliphatic carbocycles. The Labute approximate surface area is 436 Å². The second-order valence-electron chi connectivity index (χ2n) is 19.4. The number of carboxylic acid groups (broad SMARTS) is 1. The van der Waals surface area contributed by atoms with Crippen molar-refractivity contribution >= 4 is 65.0 Å². The molecule has 2 heterocycles. The van der Waals surface area contributed by atoms with Gasteiger partial charge in [0, 0.05) is 37.7 Å². The first-order valence-electron chi connectivity index (χ1n) is 25.4. The zero-order chi connectivity index (χ0) is 56.5. The van der Waals surface area contributed by atoms with Gasteiger partial charge in [-0.25, -0.2) is 9.78 Å². The number of carbonyl (C=O) groups excluding carboxylic acids is 10. The normalized spacial score (nSPS) is 16.9. The molecule has 1 aliphatic heterocycles. The van der Waals surface area contributed by atoms with Crippen molar-refractivity contribution in [1.29, 1.82) is 0 Å². The molecule has 0 spiro atoms. The molecule has 1 aromatic heterocycles. The number of carbonyl (C=O) groups is 11. The molecule has 20 N–H and O–H groups in total. The lowest BCUT2D eigenvalue weighted by Gasteiger charge is -2.31. The summed E-state index contributed by atoms with van der Waals surface area (Å²) < 4.78 is 0. The number of aromatic amines is 1. The zero-order valence-corrected chi connectivity index (χ0v) is 43.6. The lowest BCUT2D eigenvalue weighted by atomic mass is 10.00. The zero-order valence-electron chi connectivity index (χ0n) is 43.6. The van der Waals surface area contributed by atoms with Crippen molar-refractivity contribution in [2.75, 3.05) is 19.6 Å². The summed E-state index contributed by atoms with van der Waals surface area (Å²) in [6.45, 7) is 8.26. The summed E-state index contributed by atoms with van der Waals surface area (Å²) >= 11 is 0. The van der Waals surface area contributed by atoms with Crippen LogP contribution in [-0.4, -0.2) is 170 Å². The number of primary amides is 2. The highest BCUT2D eigenvalue weighted by Crippen LogP contribution is 2.21. The van der Waals surface area contributed by atoms with Crippen molar-refractivity contribution < 1.29 is 63.0 Å². The summed E-state index contributed by atoms with van der Waals surface area (Å²) in [5, 5.41) is 38.0. The van der Waals surface area contributed by atoms with E-state index in [4.69, 9.17) is 28.7 Å². The van der Waals surface area contributed by atoms with E-state index in [2.05, 4.69) is 47.2 Å². The summed E-state index contributed by atoms with van der Waals surface area (Å²) in [5.74, 6) is -10.7. The van der Waals surface area contributed by atoms with Crippen molar-refractivity contribution in [2.24, 2.45) is 40.5 Å². The predicted octanol–water partition coefficient (Wildman–Crippen LogP) is -4.77. The van der Waals surface area contributed by atoms with E-state index in [9.17, 15) is 63.0 Å². The van der Waals surface area contributed by atoms with E-state index < -0.39 is 144 Å². The molecule has 422 valence electrons. The van der Waals surface area contributed by atoms with Gasteiger partial charge >= 0.3 is 5.97 Å². The quantitative estimate of drug-likeness (QED) is 0.0284. The number of nitrogens with one attached hydrogen (secondary N) is 8. The number of hydrogen-bond acceptors (Lipinski definition) is 16. The molecule has 2 rings (SSSR count). The molecule has 0 unspecified atom stereocenters. The fraction of sp³-hybridized carbons (Fsp3) is 0.702. The van der Waals surface area contributed by atoms with Gasteiger partial charge in [0.1, 0.15) is 48.3 Å². The fourth-order valence-corrected chi connectivity index (χ4v) is 8.11. The molecule has 1 fully saturated rings. The number of nitrogens with zero attached hydrogens (tertiary/aromatic N) is 2. The average molecular weight is 1060 g/mol. The van der Waals surface area contributed by atoms with Gasteiger partial charge in [-0.2, -0.15) is 0 Å². The highest BCUT2D eigenvalue weighted by Gasteiger charge is 2.41. The predicted molar refractivity (Wildman–Crippen MR) is 270 cm³/mol. The number of likely N-dealkylation sites (tertiary alicyclic amines) is 1. The molecule has 0 saturated carbocycles. The van der Waals surface area contributed by atoms with Crippen molar-refractivity contribution in [3.8, 4) is 0 Å². The fourth-order valence-electron chi connectivity index (χ4n) is 8.11. The first-order valence-corrected chi connectivity index (χ1v) is 25.4. The molecule has 28 heteroatoms. The molecule has 1 saturated heterocycles. The van der Waals surface area contributed by atoms with Gasteiger partial charge in [-0.05, 0) is 96.1 Å². The molecule has 75 heavy (non-hydrogen) atoms. The number of aliphatic hydroxyl groups is 1. The maximum Gasteiger partial charge on any atom is 0.326 e. The van der Waals surface area contributed by atoms with Crippen LogP contribution in [0.3, 0.4) is 0 Å². The third-order valence-electron chi connectivity index (χ3n) is 12.5. The maximum absolute atomic E-state index is 14.5. The topological polar surface area (TPSA) is 474 Å². The van der Waals surface area contributed by atoms with Crippen LogP contribution in [0.4, 0.5) is 0 Å². The van der Waals surface area contributed by atoms with Crippen LogP contribution in [0.1, 0.15) is 117 Å². The first kappa shape index (κ1) is 64.3. The highest BCUT2D eigenvalue weighted by atomic mass is 16.4. The van der Waals surface area contributed by atoms with Gasteiger partial charge < -0.3 is 86.0 Å². The monoisotopic (exact) mass is 1060 g/mol. The van der Waals surface area contributed by atoms with Crippen molar-refractivity contribution in [3.63, 3.8) is 0 Å². The number of nitrogens with two attached hydrogens (primary N) is 5. The minimum absolute atomic E-state index is 0.0189. The van der Waals surface area contributed by atoms with Crippen LogP contribution in [0.25, 0.3) is 0 Å². The second kappa shape index (κ2) is 32.5. The van der Waals surface area contributed by atoms with Gasteiger partial charge in [0.2, 0.25) is 59.1 Å². The van der Waals surface area contributed by atoms with E-state index in [0.29, 0.717) is 44.3 Å². The maximum atomic E-state index is 14.5. The van der Waals surface area contributed by atoms with Crippen molar-refractivity contribution in [1.82, 2.24) is 52.1 Å². The van der Waals surface area contributed by atoms with Gasteiger partial charge in [0.15, 0.2) is 0 Å². The summed E-state index contributed by atoms with van der Waals surface area (Å²) in [4.78, 5) is 154. The van der Waals surface area contributed by atoms with Gasteiger partial charge in [-0.3, -0.25) is 47.9 Å². The summed E-state index contributed by atoms with van der Waals surface area (Å²) in [6.07, 6.45) is 2.24. The number of aliphatic carboxylic acids is 1. The largest absolute Gasteiger partial charge is 0.480 e. The Morgan fingerprint density at radius 3 is 1.64 bits per heavy atom. The minimum Gasteiger partial charge on any atom is -0.480 e. The van der Waals surface area contributed by atoms with Crippen LogP contribution < -0.4 is 65.9 Å². The molecule has 28 nitrogen and oxygen atoms in total. The lowest BCUT2D eigenvalue weighted by Crippen LogP contribution is -2.62. The van der Waals surface area contributed by atoms with Gasteiger partial charge in [0.05, 0.1) is 18.5 Å². The number of carboxylic acids is 1. The van der Waals surface area contributed by atoms with Gasteiger partial charge in [0.25, 0.3) is 0 Å². The number of H-pyrrole nitrogens is 1. The molecule has 0 bridgehead atoms. The summed E-state index contributed by atoms with van der Waals surface area (Å²) in [7, 11) is 0. The number of unbranched alkanes of at least 4 members (excludes halogenated alkanes) is 2. The van der Waals surface area contributed by atoms with Crippen LogP contribution in [0.5, 0.6) is 0 Å². The van der Waals surface area contributed by atoms with Gasteiger partial charge in [-0.15, -0.1) is 0 Å². The van der Waals surface area contributed by atoms with E-state index in [0.717, 1.165) is 0 Å². The average Bonchev–Trinajstić information content (AvgIpc) is 4.06. The van der Waals surface area contributed by atoms with Crippen LogP contribution in [0, 0.1) is 11.8 Å². The lowest BCUT2D eigenvalue weighted by molar-refractivity contribution is -0.143. The first-order chi connectivity index (χ1) is 35.3. The van der Waals surface area contributed by atoms with Gasteiger partial charge in [-0.1, -0.05) is 27.7 Å². The number of hydrogen-bond donors (Lipinski definition) is 15. The van der Waals surface area contributed by atoms with Crippen LogP contribution in [0.15, 0.2) is 12.5 Å². The standard InChI is InChI=1S/C47H81N15O13/c1-24(2)36(59-39(66)28(50)14-16-34(51)64)43(70)58-32(21-27-22-53-23-54-27)46(73)62-20-10-13-33(62)42(69)56-30(15-17-35(52)65)40(67)55-29(11-6-8-18-48)41(68)60-37(25(3)4)44(71)61-38(26(5)63)45(72)57-31(47(74)75)12-7-9-19-49/h22-26,28-33,36-38,63H,6-21,48-50H2,1-5H3,(H2,51,64)(H2,52,65)(H,53,54)(H,55,67)(H,56,69)(H,57,72)(H,58,70)(H,59,66)(H,60,68)(H,61,71)(H,74,75)/t26-,28+,29+,30+,31+,32+,33+,36+,37+,38+/m1/s1. The second-order valence-corrected chi connectivity index (χ2v) is 19.4. The number of amides is 10. The van der Waals surface area contributed by atoms with E-state index in [-0.39, 0.29) is 58.0 Å². The Morgan fingerprint density at radius 1 is 0.640 bits per heavy atom. The van der Waals surface area contributed by atoms with Crippen molar-refractivity contribution in [3.05, 3.63) is 18.2 Å². The molecule has 10 atom stereocenters. The highest BCUT2D eigenvalue weighted by molar-refractivity contribution is 5.98. The minimum atomic E-state index is -1.64. The number of aliphatic hydroxyl groups excluding tert-OH is 1. The van der Waals surface area contributed by atoms with E-state index >= 15 is 0 Å². The van der Waals surface area contributed by atoms with E-state index in [1.165, 1.54) is 24.3 Å². The Hall–Kier alpha value is -6.78. The molecule has 10 amide bonds. The molecule has 0 aromatic carbocycles. The summed E-state index contributed by atoms with van der Waals surface area (Å²) in [5.41, 5.74) is 28.3. The third kappa shape index (κ3) is 21.9.